The maximum atomic E-state index is 12.2. The first-order valence-corrected chi connectivity index (χ1v) is 9.67. The van der Waals surface area contributed by atoms with Crippen molar-refractivity contribution < 1.29 is 4.79 Å². The molecule has 0 spiro atoms. The number of amides is 2. The van der Waals surface area contributed by atoms with Crippen LogP contribution in [-0.4, -0.2) is 35.4 Å². The summed E-state index contributed by atoms with van der Waals surface area (Å²) in [4.78, 5) is 14.5. The molecule has 2 fully saturated rings. The summed E-state index contributed by atoms with van der Waals surface area (Å²) in [5, 5.41) is 14.3. The molecule has 1 aliphatic heterocycles. The van der Waals surface area contributed by atoms with Crippen LogP contribution >= 0.6 is 23.2 Å². The van der Waals surface area contributed by atoms with E-state index in [0.29, 0.717) is 21.7 Å². The highest BCUT2D eigenvalue weighted by molar-refractivity contribution is 6.42. The zero-order valence-corrected chi connectivity index (χ0v) is 15.8. The summed E-state index contributed by atoms with van der Waals surface area (Å²) in [5.74, 6) is 1.70. The highest BCUT2D eigenvalue weighted by atomic mass is 35.5. The smallest absolute Gasteiger partial charge is 0.319 e. The third-order valence-electron chi connectivity index (χ3n) is 4.93. The van der Waals surface area contributed by atoms with E-state index < -0.39 is 0 Å². The van der Waals surface area contributed by atoms with Crippen molar-refractivity contribution in [2.24, 2.45) is 0 Å². The summed E-state index contributed by atoms with van der Waals surface area (Å²) in [6.45, 7) is 1.76. The average molecular weight is 394 g/mol. The molecule has 26 heavy (non-hydrogen) atoms. The molecule has 0 radical (unpaired) electrons. The number of halogens is 2. The summed E-state index contributed by atoms with van der Waals surface area (Å²) in [6, 6.07) is 7.13. The van der Waals surface area contributed by atoms with E-state index in [1.807, 2.05) is 0 Å². The zero-order chi connectivity index (χ0) is 18.1. The third-order valence-corrected chi connectivity index (χ3v) is 5.67. The van der Waals surface area contributed by atoms with Gasteiger partial charge in [-0.05, 0) is 43.9 Å². The maximum Gasteiger partial charge on any atom is 0.319 e. The van der Waals surface area contributed by atoms with Crippen LogP contribution < -0.4 is 15.5 Å². The maximum absolute atomic E-state index is 12.2. The van der Waals surface area contributed by atoms with E-state index in [9.17, 15) is 4.79 Å². The lowest BCUT2D eigenvalue weighted by Gasteiger charge is -2.32. The number of carbonyl (C=O) groups is 1. The van der Waals surface area contributed by atoms with E-state index >= 15 is 0 Å². The Balaban J connectivity index is 1.26. The Morgan fingerprint density at radius 1 is 1.12 bits per heavy atom. The molecule has 0 unspecified atom stereocenters. The molecule has 2 heterocycles. The first-order chi connectivity index (χ1) is 12.6. The van der Waals surface area contributed by atoms with E-state index in [1.165, 1.54) is 18.5 Å². The second kappa shape index (κ2) is 7.37. The molecule has 2 aliphatic rings. The fourth-order valence-corrected chi connectivity index (χ4v) is 3.57. The number of nitrogens with zero attached hydrogens (tertiary/aromatic N) is 2. The fourth-order valence-electron chi connectivity index (χ4n) is 3.27. The van der Waals surface area contributed by atoms with Crippen LogP contribution in [0.4, 0.5) is 16.3 Å². The van der Waals surface area contributed by atoms with Crippen LogP contribution in [0.2, 0.25) is 10.0 Å². The lowest BCUT2D eigenvalue weighted by molar-refractivity contribution is 0.246. The van der Waals surface area contributed by atoms with E-state index in [0.717, 1.165) is 31.7 Å². The Kier molecular flexibility index (Phi) is 4.96. The van der Waals surface area contributed by atoms with Gasteiger partial charge in [0.25, 0.3) is 0 Å². The molecule has 4 rings (SSSR count). The number of urea groups is 1. The lowest BCUT2D eigenvalue weighted by Crippen LogP contribution is -2.46. The molecule has 8 heteroatoms. The van der Waals surface area contributed by atoms with Crippen LogP contribution in [0.3, 0.4) is 0 Å². The van der Waals surface area contributed by atoms with Gasteiger partial charge < -0.3 is 15.5 Å². The van der Waals surface area contributed by atoms with Crippen LogP contribution in [0.1, 0.15) is 37.3 Å². The van der Waals surface area contributed by atoms with Crippen molar-refractivity contribution in [2.45, 2.75) is 37.6 Å². The van der Waals surface area contributed by atoms with Crippen LogP contribution in [0.5, 0.6) is 0 Å². The fraction of sp³-hybridized carbons (Fsp3) is 0.444. The van der Waals surface area contributed by atoms with Gasteiger partial charge in [-0.1, -0.05) is 23.2 Å². The topological polar surface area (TPSA) is 73.1 Å². The monoisotopic (exact) mass is 393 g/mol. The highest BCUT2D eigenvalue weighted by Crippen LogP contribution is 2.40. The second-order valence-electron chi connectivity index (χ2n) is 6.94. The van der Waals surface area contributed by atoms with Gasteiger partial charge in [-0.3, -0.25) is 5.10 Å². The number of benzene rings is 1. The van der Waals surface area contributed by atoms with E-state index in [2.05, 4.69) is 31.8 Å². The standard InChI is InChI=1S/C18H21Cl2N5O/c19-14-4-3-13(9-15(14)20)22-18(26)21-12-5-7-25(8-6-12)17-10-16(23-24-17)11-1-2-11/h3-4,9-12H,1-2,5-8H2,(H,23,24)(H2,21,22,26). The molecule has 2 amide bonds. The van der Waals surface area contributed by atoms with Crippen molar-refractivity contribution in [3.8, 4) is 0 Å². The van der Waals surface area contributed by atoms with Gasteiger partial charge >= 0.3 is 6.03 Å². The van der Waals surface area contributed by atoms with Crippen LogP contribution in [0, 0.1) is 0 Å². The Bertz CT molecular complexity index is 797. The predicted molar refractivity (Wildman–Crippen MR) is 104 cm³/mol. The third kappa shape index (κ3) is 4.07. The Morgan fingerprint density at radius 2 is 1.88 bits per heavy atom. The quantitative estimate of drug-likeness (QED) is 0.721. The molecule has 3 N–H and O–H groups in total. The van der Waals surface area contributed by atoms with Gasteiger partial charge in [0.1, 0.15) is 0 Å². The Morgan fingerprint density at radius 3 is 2.58 bits per heavy atom. The summed E-state index contributed by atoms with van der Waals surface area (Å²) < 4.78 is 0. The number of anilines is 2. The highest BCUT2D eigenvalue weighted by Gasteiger charge is 2.27. The second-order valence-corrected chi connectivity index (χ2v) is 7.76. The minimum absolute atomic E-state index is 0.149. The van der Waals surface area contributed by atoms with Crippen molar-refractivity contribution in [2.75, 3.05) is 23.3 Å². The first-order valence-electron chi connectivity index (χ1n) is 8.91. The SMILES string of the molecule is O=C(Nc1ccc(Cl)c(Cl)c1)NC1CCN(c2cc(C3CC3)[nH]n2)CC1. The molecule has 138 valence electrons. The molecule has 0 bridgehead atoms. The summed E-state index contributed by atoms with van der Waals surface area (Å²) in [7, 11) is 0. The van der Waals surface area contributed by atoms with E-state index in [-0.39, 0.29) is 12.1 Å². The van der Waals surface area contributed by atoms with Crippen molar-refractivity contribution >= 4 is 40.7 Å². The van der Waals surface area contributed by atoms with E-state index in [1.54, 1.807) is 18.2 Å². The molecule has 1 saturated heterocycles. The van der Waals surface area contributed by atoms with Gasteiger partial charge in [0.2, 0.25) is 0 Å². The number of rotatable bonds is 4. The number of aromatic amines is 1. The number of hydrogen-bond acceptors (Lipinski definition) is 3. The lowest BCUT2D eigenvalue weighted by atomic mass is 10.1. The normalized spacial score (nSPS) is 18.0. The molecule has 1 aromatic carbocycles. The minimum atomic E-state index is -0.224. The molecule has 1 aromatic heterocycles. The number of nitrogens with one attached hydrogen (secondary N) is 3. The molecule has 0 atom stereocenters. The predicted octanol–water partition coefficient (Wildman–Crippen LogP) is 4.38. The average Bonchev–Trinajstić information content (AvgIpc) is 3.36. The van der Waals surface area contributed by atoms with Crippen molar-refractivity contribution in [1.82, 2.24) is 15.5 Å². The molecule has 1 saturated carbocycles. The van der Waals surface area contributed by atoms with Gasteiger partial charge in [-0.25, -0.2) is 4.79 Å². The van der Waals surface area contributed by atoms with Crippen LogP contribution in [-0.2, 0) is 0 Å². The zero-order valence-electron chi connectivity index (χ0n) is 14.3. The van der Waals surface area contributed by atoms with E-state index in [4.69, 9.17) is 23.2 Å². The number of carbonyl (C=O) groups excluding carboxylic acids is 1. The summed E-state index contributed by atoms with van der Waals surface area (Å²) in [5.41, 5.74) is 1.87. The molecule has 2 aromatic rings. The van der Waals surface area contributed by atoms with Gasteiger partial charge in [-0.15, -0.1) is 0 Å². The summed E-state index contributed by atoms with van der Waals surface area (Å²) >= 11 is 11.9. The summed E-state index contributed by atoms with van der Waals surface area (Å²) in [6.07, 6.45) is 4.31. The minimum Gasteiger partial charge on any atom is -0.355 e. The van der Waals surface area contributed by atoms with Gasteiger partial charge in [0.15, 0.2) is 5.82 Å². The van der Waals surface area contributed by atoms with Gasteiger partial charge in [0, 0.05) is 42.5 Å². The van der Waals surface area contributed by atoms with Gasteiger partial charge in [0.05, 0.1) is 10.0 Å². The van der Waals surface area contributed by atoms with Crippen molar-refractivity contribution in [1.29, 1.82) is 0 Å². The molecule has 6 nitrogen and oxygen atoms in total. The number of aromatic nitrogens is 2. The van der Waals surface area contributed by atoms with Crippen molar-refractivity contribution in [3.05, 3.63) is 40.0 Å². The first kappa shape index (κ1) is 17.5. The number of H-pyrrole nitrogens is 1. The largest absolute Gasteiger partial charge is 0.355 e. The Labute approximate surface area is 162 Å². The molecular weight excluding hydrogens is 373 g/mol. The van der Waals surface area contributed by atoms with Crippen LogP contribution in [0.25, 0.3) is 0 Å². The number of hydrogen-bond donors (Lipinski definition) is 3. The molecule has 1 aliphatic carbocycles. The molecular formula is C18H21Cl2N5O. The number of piperidine rings is 1. The van der Waals surface area contributed by atoms with Crippen molar-refractivity contribution in [3.63, 3.8) is 0 Å². The van der Waals surface area contributed by atoms with Crippen LogP contribution in [0.15, 0.2) is 24.3 Å². The Hall–Kier alpha value is -1.92. The van der Waals surface area contributed by atoms with Gasteiger partial charge in [-0.2, -0.15) is 5.10 Å².